The second kappa shape index (κ2) is 6.51. The van der Waals surface area contributed by atoms with Crippen LogP contribution in [0.4, 0.5) is 23.7 Å². The first-order chi connectivity index (χ1) is 11.3. The van der Waals surface area contributed by atoms with E-state index in [1.54, 1.807) is 17.9 Å². The first-order valence-electron chi connectivity index (χ1n) is 7.94. The molecule has 3 rings (SSSR count). The van der Waals surface area contributed by atoms with Gasteiger partial charge in [-0.2, -0.15) is 13.2 Å². The molecule has 2 aliphatic heterocycles. The third-order valence-corrected chi connectivity index (χ3v) is 4.38. The highest BCUT2D eigenvalue weighted by Gasteiger charge is 2.36. The molecule has 0 aliphatic carbocycles. The van der Waals surface area contributed by atoms with Crippen molar-refractivity contribution in [1.82, 2.24) is 9.80 Å². The lowest BCUT2D eigenvalue weighted by Crippen LogP contribution is -2.56. The minimum Gasteiger partial charge on any atom is -0.493 e. The van der Waals surface area contributed by atoms with E-state index in [-0.39, 0.29) is 31.7 Å². The van der Waals surface area contributed by atoms with Crippen molar-refractivity contribution in [2.75, 3.05) is 38.1 Å². The second-order valence-corrected chi connectivity index (χ2v) is 6.23. The summed E-state index contributed by atoms with van der Waals surface area (Å²) in [5, 5.41) is 2.82. The fourth-order valence-electron chi connectivity index (χ4n) is 3.11. The number of fused-ring (bicyclic) bond motifs is 1. The summed E-state index contributed by atoms with van der Waals surface area (Å²) >= 11 is 0. The van der Waals surface area contributed by atoms with E-state index in [9.17, 15) is 18.0 Å². The number of rotatable bonds is 2. The van der Waals surface area contributed by atoms with E-state index >= 15 is 0 Å². The number of anilines is 1. The number of hydrogen-bond donors (Lipinski definition) is 1. The molecule has 1 unspecified atom stereocenters. The van der Waals surface area contributed by atoms with E-state index < -0.39 is 12.7 Å². The van der Waals surface area contributed by atoms with Gasteiger partial charge in [0.15, 0.2) is 0 Å². The van der Waals surface area contributed by atoms with Crippen LogP contribution in [0.1, 0.15) is 12.5 Å². The van der Waals surface area contributed by atoms with Crippen LogP contribution >= 0.6 is 0 Å². The van der Waals surface area contributed by atoms with Gasteiger partial charge < -0.3 is 15.0 Å². The molecule has 1 saturated heterocycles. The summed E-state index contributed by atoms with van der Waals surface area (Å²) in [5.41, 5.74) is 1.73. The Labute approximate surface area is 138 Å². The van der Waals surface area contributed by atoms with Crippen LogP contribution in [0.5, 0.6) is 5.75 Å². The molecule has 1 aromatic rings. The quantitative estimate of drug-likeness (QED) is 0.898. The molecule has 1 N–H and O–H groups in total. The third-order valence-electron chi connectivity index (χ3n) is 4.38. The topological polar surface area (TPSA) is 44.8 Å². The summed E-state index contributed by atoms with van der Waals surface area (Å²) in [6, 6.07) is 4.85. The number of carbonyl (C=O) groups is 1. The number of amides is 2. The Balaban J connectivity index is 1.57. The Morgan fingerprint density at radius 3 is 2.88 bits per heavy atom. The van der Waals surface area contributed by atoms with Gasteiger partial charge in [0.05, 0.1) is 13.2 Å². The Morgan fingerprint density at radius 2 is 2.17 bits per heavy atom. The maximum absolute atomic E-state index is 12.5. The number of nitrogens with one attached hydrogen (secondary N) is 1. The van der Waals surface area contributed by atoms with Crippen molar-refractivity contribution in [2.24, 2.45) is 0 Å². The van der Waals surface area contributed by atoms with Crippen molar-refractivity contribution in [2.45, 2.75) is 25.6 Å². The largest absolute Gasteiger partial charge is 0.493 e. The van der Waals surface area contributed by atoms with Crippen LogP contribution in [-0.2, 0) is 6.42 Å². The second-order valence-electron chi connectivity index (χ2n) is 6.23. The fraction of sp³-hybridized carbons (Fsp3) is 0.562. The molecule has 24 heavy (non-hydrogen) atoms. The zero-order valence-corrected chi connectivity index (χ0v) is 13.4. The van der Waals surface area contributed by atoms with E-state index in [4.69, 9.17) is 4.74 Å². The molecule has 0 radical (unpaired) electrons. The summed E-state index contributed by atoms with van der Waals surface area (Å²) in [7, 11) is 0. The van der Waals surface area contributed by atoms with E-state index in [2.05, 4.69) is 5.32 Å². The van der Waals surface area contributed by atoms with Gasteiger partial charge in [-0.1, -0.05) is 0 Å². The molecule has 1 atom stereocenters. The van der Waals surface area contributed by atoms with Gasteiger partial charge in [0.2, 0.25) is 0 Å². The summed E-state index contributed by atoms with van der Waals surface area (Å²) in [6.07, 6.45) is -3.41. The van der Waals surface area contributed by atoms with Gasteiger partial charge in [-0.25, -0.2) is 4.79 Å². The van der Waals surface area contributed by atoms with Crippen LogP contribution in [0, 0.1) is 0 Å². The Bertz CT molecular complexity index is 621. The number of hydrogen-bond acceptors (Lipinski definition) is 3. The molecule has 2 amide bonds. The van der Waals surface area contributed by atoms with E-state index in [0.29, 0.717) is 12.3 Å². The maximum Gasteiger partial charge on any atom is 0.401 e. The van der Waals surface area contributed by atoms with Gasteiger partial charge >= 0.3 is 12.2 Å². The molecule has 2 heterocycles. The molecular weight excluding hydrogens is 323 g/mol. The number of nitrogens with zero attached hydrogens (tertiary/aromatic N) is 2. The molecule has 5 nitrogen and oxygen atoms in total. The molecular formula is C16H20F3N3O2. The molecule has 1 fully saturated rings. The summed E-state index contributed by atoms with van der Waals surface area (Å²) < 4.78 is 43.0. The highest BCUT2D eigenvalue weighted by molar-refractivity contribution is 5.89. The Hall–Kier alpha value is -1.96. The zero-order chi connectivity index (χ0) is 17.3. The molecule has 2 aliphatic rings. The predicted molar refractivity (Wildman–Crippen MR) is 83.3 cm³/mol. The molecule has 8 heteroatoms. The predicted octanol–water partition coefficient (Wildman–Crippen LogP) is 2.72. The standard InChI is InChI=1S/C16H20F3N3O2/c1-11-9-21(5-6-22(11)10-16(17,18)19)15(23)20-13-2-3-14-12(8-13)4-7-24-14/h2-3,8,11H,4-7,9-10H2,1H3,(H,20,23). The average molecular weight is 343 g/mol. The van der Waals surface area contributed by atoms with Crippen molar-refractivity contribution in [3.63, 3.8) is 0 Å². The Morgan fingerprint density at radius 1 is 1.38 bits per heavy atom. The summed E-state index contributed by atoms with van der Waals surface area (Å²) in [4.78, 5) is 15.3. The van der Waals surface area contributed by atoms with Crippen LogP contribution in [0.2, 0.25) is 0 Å². The van der Waals surface area contributed by atoms with E-state index in [0.717, 1.165) is 17.7 Å². The normalized spacial score (nSPS) is 21.3. The number of benzene rings is 1. The van der Waals surface area contributed by atoms with Crippen molar-refractivity contribution in [1.29, 1.82) is 0 Å². The number of carbonyl (C=O) groups excluding carboxylic acids is 1. The van der Waals surface area contributed by atoms with Crippen LogP contribution in [0.15, 0.2) is 18.2 Å². The smallest absolute Gasteiger partial charge is 0.401 e. The van der Waals surface area contributed by atoms with Crippen molar-refractivity contribution < 1.29 is 22.7 Å². The number of urea groups is 1. The van der Waals surface area contributed by atoms with Gasteiger partial charge in [-0.15, -0.1) is 0 Å². The van der Waals surface area contributed by atoms with Gasteiger partial charge in [0, 0.05) is 37.8 Å². The average Bonchev–Trinajstić information content (AvgIpc) is 2.95. The van der Waals surface area contributed by atoms with Gasteiger partial charge in [0.25, 0.3) is 0 Å². The molecule has 0 bridgehead atoms. The van der Waals surface area contributed by atoms with E-state index in [1.165, 1.54) is 4.90 Å². The highest BCUT2D eigenvalue weighted by atomic mass is 19.4. The lowest BCUT2D eigenvalue weighted by atomic mass is 10.1. The summed E-state index contributed by atoms with van der Waals surface area (Å²) in [5.74, 6) is 0.836. The lowest BCUT2D eigenvalue weighted by Gasteiger charge is -2.39. The van der Waals surface area contributed by atoms with Gasteiger partial charge in [-0.05, 0) is 30.7 Å². The Kier molecular flexibility index (Phi) is 4.58. The first-order valence-corrected chi connectivity index (χ1v) is 7.94. The number of piperazine rings is 1. The van der Waals surface area contributed by atoms with Crippen LogP contribution in [-0.4, -0.2) is 60.8 Å². The highest BCUT2D eigenvalue weighted by Crippen LogP contribution is 2.28. The van der Waals surface area contributed by atoms with Gasteiger partial charge in [-0.3, -0.25) is 4.90 Å². The van der Waals surface area contributed by atoms with Gasteiger partial charge in [0.1, 0.15) is 5.75 Å². The third kappa shape index (κ3) is 3.92. The van der Waals surface area contributed by atoms with Crippen molar-refractivity contribution in [3.05, 3.63) is 23.8 Å². The van der Waals surface area contributed by atoms with Crippen LogP contribution in [0.25, 0.3) is 0 Å². The molecule has 1 aromatic carbocycles. The van der Waals surface area contributed by atoms with Crippen molar-refractivity contribution >= 4 is 11.7 Å². The fourth-order valence-corrected chi connectivity index (χ4v) is 3.11. The minimum absolute atomic E-state index is 0.214. The molecule has 0 aromatic heterocycles. The van der Waals surface area contributed by atoms with E-state index in [1.807, 2.05) is 12.1 Å². The monoisotopic (exact) mass is 343 g/mol. The first kappa shape index (κ1) is 16.9. The van der Waals surface area contributed by atoms with Crippen molar-refractivity contribution in [3.8, 4) is 5.75 Å². The number of halogens is 3. The van der Waals surface area contributed by atoms with Crippen LogP contribution in [0.3, 0.4) is 0 Å². The molecule has 0 spiro atoms. The maximum atomic E-state index is 12.5. The minimum atomic E-state index is -4.22. The number of alkyl halides is 3. The zero-order valence-electron chi connectivity index (χ0n) is 13.4. The number of ether oxygens (including phenoxy) is 1. The molecule has 0 saturated carbocycles. The lowest BCUT2D eigenvalue weighted by molar-refractivity contribution is -0.153. The molecule has 132 valence electrons. The SMILES string of the molecule is CC1CN(C(=O)Nc2ccc3c(c2)CCO3)CCN1CC(F)(F)F. The van der Waals surface area contributed by atoms with Crippen LogP contribution < -0.4 is 10.1 Å². The summed E-state index contributed by atoms with van der Waals surface area (Å²) in [6.45, 7) is 2.18.